The maximum Gasteiger partial charge on any atom is 0.119 e. The normalized spacial score (nSPS) is 12.0. The fourth-order valence-electron chi connectivity index (χ4n) is 0.936. The van der Waals surface area contributed by atoms with Crippen molar-refractivity contribution in [2.24, 2.45) is 10.4 Å². The maximum absolute atomic E-state index is 5.06. The van der Waals surface area contributed by atoms with Crippen LogP contribution >= 0.6 is 0 Å². The molecule has 0 aliphatic heterocycles. The average Bonchev–Trinajstić information content (AvgIpc) is 2.14. The third kappa shape index (κ3) is 3.60. The van der Waals surface area contributed by atoms with Crippen LogP contribution in [0.5, 0.6) is 5.75 Å². The lowest BCUT2D eigenvalue weighted by Gasteiger charge is -2.09. The van der Waals surface area contributed by atoms with Crippen molar-refractivity contribution in [1.29, 1.82) is 0 Å². The largest absolute Gasteiger partial charge is 0.497 e. The van der Waals surface area contributed by atoms with Crippen LogP contribution in [-0.4, -0.2) is 13.3 Å². The summed E-state index contributed by atoms with van der Waals surface area (Å²) in [6.07, 6.45) is 1.95. The SMILES string of the molecule is COc1ccc(N=CC(C)(C)C)cc1. The number of benzene rings is 1. The maximum atomic E-state index is 5.06. The highest BCUT2D eigenvalue weighted by Gasteiger charge is 2.04. The summed E-state index contributed by atoms with van der Waals surface area (Å²) in [7, 11) is 1.66. The molecular formula is C12H17NO. The first-order valence-electron chi connectivity index (χ1n) is 4.70. The van der Waals surface area contributed by atoms with E-state index in [2.05, 4.69) is 25.8 Å². The molecule has 1 rings (SSSR count). The Hall–Kier alpha value is -1.31. The molecule has 0 saturated heterocycles. The van der Waals surface area contributed by atoms with Crippen LogP contribution in [0.3, 0.4) is 0 Å². The molecule has 2 nitrogen and oxygen atoms in total. The molecule has 14 heavy (non-hydrogen) atoms. The number of methoxy groups -OCH3 is 1. The fraction of sp³-hybridized carbons (Fsp3) is 0.417. The summed E-state index contributed by atoms with van der Waals surface area (Å²) in [6, 6.07) is 7.72. The van der Waals surface area contributed by atoms with E-state index in [4.69, 9.17) is 4.74 Å². The van der Waals surface area contributed by atoms with Gasteiger partial charge in [-0.2, -0.15) is 0 Å². The van der Waals surface area contributed by atoms with Crippen LogP contribution in [0.2, 0.25) is 0 Å². The molecule has 2 heteroatoms. The molecule has 0 aliphatic rings. The van der Waals surface area contributed by atoms with E-state index in [1.807, 2.05) is 30.5 Å². The quantitative estimate of drug-likeness (QED) is 0.656. The lowest BCUT2D eigenvalue weighted by Crippen LogP contribution is -2.05. The van der Waals surface area contributed by atoms with Crippen LogP contribution in [0.25, 0.3) is 0 Å². The third-order valence-corrected chi connectivity index (χ3v) is 1.67. The van der Waals surface area contributed by atoms with Crippen LogP contribution in [0.4, 0.5) is 5.69 Å². The van der Waals surface area contributed by atoms with E-state index in [9.17, 15) is 0 Å². The smallest absolute Gasteiger partial charge is 0.119 e. The molecule has 0 unspecified atom stereocenters. The van der Waals surface area contributed by atoms with Gasteiger partial charge in [-0.1, -0.05) is 20.8 Å². The minimum atomic E-state index is 0.125. The predicted octanol–water partition coefficient (Wildman–Crippen LogP) is 3.44. The zero-order chi connectivity index (χ0) is 10.6. The minimum absolute atomic E-state index is 0.125. The second-order valence-electron chi connectivity index (χ2n) is 4.32. The monoisotopic (exact) mass is 191 g/mol. The van der Waals surface area contributed by atoms with Crippen molar-refractivity contribution in [2.45, 2.75) is 20.8 Å². The van der Waals surface area contributed by atoms with Gasteiger partial charge in [0.25, 0.3) is 0 Å². The summed E-state index contributed by atoms with van der Waals surface area (Å²) >= 11 is 0. The van der Waals surface area contributed by atoms with Crippen molar-refractivity contribution in [3.63, 3.8) is 0 Å². The highest BCUT2D eigenvalue weighted by Crippen LogP contribution is 2.19. The van der Waals surface area contributed by atoms with Crippen molar-refractivity contribution in [3.05, 3.63) is 24.3 Å². The highest BCUT2D eigenvalue weighted by molar-refractivity contribution is 5.68. The number of aliphatic imine (C=N–C) groups is 1. The van der Waals surface area contributed by atoms with Crippen molar-refractivity contribution in [2.75, 3.05) is 7.11 Å². The number of ether oxygens (including phenoxy) is 1. The van der Waals surface area contributed by atoms with Gasteiger partial charge in [0.2, 0.25) is 0 Å². The van der Waals surface area contributed by atoms with Gasteiger partial charge in [-0.05, 0) is 29.7 Å². The van der Waals surface area contributed by atoms with Crippen LogP contribution < -0.4 is 4.74 Å². The Labute approximate surface area is 85.6 Å². The standard InChI is InChI=1S/C12H17NO/c1-12(2,3)9-13-10-5-7-11(14-4)8-6-10/h5-9H,1-4H3. The van der Waals surface area contributed by atoms with Crippen LogP contribution in [0.15, 0.2) is 29.3 Å². The number of hydrogen-bond acceptors (Lipinski definition) is 2. The van der Waals surface area contributed by atoms with E-state index in [0.29, 0.717) is 0 Å². The Kier molecular flexibility index (Phi) is 3.28. The van der Waals surface area contributed by atoms with Gasteiger partial charge in [0.15, 0.2) is 0 Å². The molecule has 0 aliphatic carbocycles. The molecule has 0 radical (unpaired) electrons. The molecule has 0 aromatic heterocycles. The molecular weight excluding hydrogens is 174 g/mol. The molecule has 0 bridgehead atoms. The number of rotatable bonds is 2. The Bertz CT molecular complexity index is 306. The van der Waals surface area contributed by atoms with Crippen molar-refractivity contribution in [3.8, 4) is 5.75 Å². The Morgan fingerprint density at radius 2 is 1.71 bits per heavy atom. The van der Waals surface area contributed by atoms with Crippen LogP contribution in [0.1, 0.15) is 20.8 Å². The lowest BCUT2D eigenvalue weighted by atomic mass is 9.99. The summed E-state index contributed by atoms with van der Waals surface area (Å²) in [5.74, 6) is 0.861. The molecule has 0 saturated carbocycles. The molecule has 0 atom stereocenters. The summed E-state index contributed by atoms with van der Waals surface area (Å²) in [5.41, 5.74) is 1.08. The zero-order valence-electron chi connectivity index (χ0n) is 9.24. The van der Waals surface area contributed by atoms with Crippen LogP contribution in [0, 0.1) is 5.41 Å². The molecule has 0 spiro atoms. The second kappa shape index (κ2) is 4.27. The topological polar surface area (TPSA) is 21.6 Å². The minimum Gasteiger partial charge on any atom is -0.497 e. The Balaban J connectivity index is 2.74. The molecule has 0 amide bonds. The van der Waals surface area contributed by atoms with Crippen molar-refractivity contribution >= 4 is 11.9 Å². The van der Waals surface area contributed by atoms with E-state index < -0.39 is 0 Å². The van der Waals surface area contributed by atoms with E-state index >= 15 is 0 Å². The zero-order valence-corrected chi connectivity index (χ0v) is 9.24. The van der Waals surface area contributed by atoms with Gasteiger partial charge in [-0.15, -0.1) is 0 Å². The highest BCUT2D eigenvalue weighted by atomic mass is 16.5. The molecule has 0 fully saturated rings. The molecule has 1 aromatic rings. The van der Waals surface area contributed by atoms with E-state index in [1.165, 1.54) is 0 Å². The molecule has 0 heterocycles. The first kappa shape index (κ1) is 10.8. The van der Waals surface area contributed by atoms with Gasteiger partial charge in [0, 0.05) is 6.21 Å². The van der Waals surface area contributed by atoms with Gasteiger partial charge in [-0.3, -0.25) is 4.99 Å². The van der Waals surface area contributed by atoms with E-state index in [0.717, 1.165) is 11.4 Å². The molecule has 0 N–H and O–H groups in total. The van der Waals surface area contributed by atoms with Gasteiger partial charge < -0.3 is 4.74 Å². The fourth-order valence-corrected chi connectivity index (χ4v) is 0.936. The summed E-state index contributed by atoms with van der Waals surface area (Å²) in [4.78, 5) is 4.37. The third-order valence-electron chi connectivity index (χ3n) is 1.67. The predicted molar refractivity (Wildman–Crippen MR) is 60.6 cm³/mol. The Morgan fingerprint density at radius 1 is 1.14 bits per heavy atom. The summed E-state index contributed by atoms with van der Waals surface area (Å²) in [6.45, 7) is 6.38. The average molecular weight is 191 g/mol. The molecule has 1 aromatic carbocycles. The number of hydrogen-bond donors (Lipinski definition) is 0. The summed E-state index contributed by atoms with van der Waals surface area (Å²) < 4.78 is 5.06. The van der Waals surface area contributed by atoms with E-state index in [-0.39, 0.29) is 5.41 Å². The van der Waals surface area contributed by atoms with Crippen LogP contribution in [-0.2, 0) is 0 Å². The van der Waals surface area contributed by atoms with Crippen molar-refractivity contribution in [1.82, 2.24) is 0 Å². The first-order valence-corrected chi connectivity index (χ1v) is 4.70. The van der Waals surface area contributed by atoms with Gasteiger partial charge in [-0.25, -0.2) is 0 Å². The van der Waals surface area contributed by atoms with Gasteiger partial charge in [0.05, 0.1) is 12.8 Å². The van der Waals surface area contributed by atoms with Gasteiger partial charge in [0.1, 0.15) is 5.75 Å². The lowest BCUT2D eigenvalue weighted by molar-refractivity contribution is 0.415. The second-order valence-corrected chi connectivity index (χ2v) is 4.32. The Morgan fingerprint density at radius 3 is 2.14 bits per heavy atom. The molecule has 76 valence electrons. The summed E-state index contributed by atoms with van der Waals surface area (Å²) in [5, 5.41) is 0. The van der Waals surface area contributed by atoms with Crippen molar-refractivity contribution < 1.29 is 4.74 Å². The van der Waals surface area contributed by atoms with E-state index in [1.54, 1.807) is 7.11 Å². The van der Waals surface area contributed by atoms with Gasteiger partial charge >= 0.3 is 0 Å². The number of nitrogens with zero attached hydrogens (tertiary/aromatic N) is 1. The first-order chi connectivity index (χ1) is 6.51.